The van der Waals surface area contributed by atoms with Gasteiger partial charge in [0, 0.05) is 5.56 Å². The molecule has 0 heterocycles. The first-order valence-electron chi connectivity index (χ1n) is 8.20. The molecule has 2 aromatic carbocycles. The van der Waals surface area contributed by atoms with Gasteiger partial charge in [0.1, 0.15) is 6.07 Å². The van der Waals surface area contributed by atoms with E-state index in [9.17, 15) is 10.5 Å². The summed E-state index contributed by atoms with van der Waals surface area (Å²) in [6, 6.07) is 4.76. The fraction of sp³-hybridized carbons (Fsp3) is 0.364. The summed E-state index contributed by atoms with van der Waals surface area (Å²) >= 11 is 0. The Balaban J connectivity index is 3.11. The third-order valence-corrected chi connectivity index (χ3v) is 5.79. The van der Waals surface area contributed by atoms with Crippen LogP contribution in [0.25, 0.3) is 11.1 Å². The molecule has 0 N–H and O–H groups in total. The molecule has 2 rings (SSSR count). The fourth-order valence-electron chi connectivity index (χ4n) is 3.62. The first kappa shape index (κ1) is 17.8. The minimum absolute atomic E-state index is 0.755. The Morgan fingerprint density at radius 3 is 1.17 bits per heavy atom. The average Bonchev–Trinajstić information content (AvgIpc) is 2.56. The van der Waals surface area contributed by atoms with E-state index < -0.39 is 0 Å². The van der Waals surface area contributed by atoms with Crippen LogP contribution in [0.15, 0.2) is 0 Å². The van der Waals surface area contributed by atoms with Crippen molar-refractivity contribution in [3.8, 4) is 23.3 Å². The minimum atomic E-state index is 0.755. The molecule has 0 saturated carbocycles. The van der Waals surface area contributed by atoms with Gasteiger partial charge in [-0.05, 0) is 105 Å². The summed E-state index contributed by atoms with van der Waals surface area (Å²) in [6.07, 6.45) is 0. The Morgan fingerprint density at radius 1 is 0.417 bits per heavy atom. The predicted octanol–water partition coefficient (Wildman–Crippen LogP) is 5.56. The summed E-state index contributed by atoms with van der Waals surface area (Å²) in [7, 11) is 0. The van der Waals surface area contributed by atoms with Gasteiger partial charge in [0.25, 0.3) is 0 Å². The van der Waals surface area contributed by atoms with Gasteiger partial charge in [-0.1, -0.05) is 0 Å². The summed E-state index contributed by atoms with van der Waals surface area (Å²) in [4.78, 5) is 0. The second kappa shape index (κ2) is 6.14. The van der Waals surface area contributed by atoms with Crippen molar-refractivity contribution >= 4 is 0 Å². The smallest absolute Gasteiger partial charge is 0.100 e. The predicted molar refractivity (Wildman–Crippen MR) is 99.2 cm³/mol. The van der Waals surface area contributed by atoms with E-state index in [2.05, 4.69) is 46.8 Å². The molecule has 0 amide bonds. The largest absolute Gasteiger partial charge is 0.192 e. The zero-order valence-electron chi connectivity index (χ0n) is 15.9. The van der Waals surface area contributed by atoms with Crippen molar-refractivity contribution < 1.29 is 0 Å². The van der Waals surface area contributed by atoms with Gasteiger partial charge in [0.15, 0.2) is 0 Å². The summed E-state index contributed by atoms with van der Waals surface area (Å²) in [5.74, 6) is 0. The zero-order chi connectivity index (χ0) is 18.3. The van der Waals surface area contributed by atoms with Crippen LogP contribution in [0.2, 0.25) is 0 Å². The molecule has 0 saturated heterocycles. The van der Waals surface area contributed by atoms with E-state index >= 15 is 0 Å². The molecular weight excluding hydrogens is 292 g/mol. The molecule has 0 radical (unpaired) electrons. The van der Waals surface area contributed by atoms with E-state index in [0.29, 0.717) is 0 Å². The molecule has 0 bridgehead atoms. The van der Waals surface area contributed by atoms with Crippen LogP contribution in [0, 0.1) is 78.1 Å². The monoisotopic (exact) mass is 316 g/mol. The SMILES string of the molecule is Cc1c(C)c(C)c(-c2c(C)c(C)c(C#N)c(C)c2C)c(C#N)c1C. The van der Waals surface area contributed by atoms with Crippen LogP contribution < -0.4 is 0 Å². The van der Waals surface area contributed by atoms with Crippen LogP contribution in [0.3, 0.4) is 0 Å². The number of hydrogen-bond acceptors (Lipinski definition) is 2. The van der Waals surface area contributed by atoms with Crippen molar-refractivity contribution in [3.05, 3.63) is 55.6 Å². The Morgan fingerprint density at radius 2 is 0.750 bits per heavy atom. The molecule has 24 heavy (non-hydrogen) atoms. The first-order valence-corrected chi connectivity index (χ1v) is 8.20. The molecule has 0 aliphatic rings. The Kier molecular flexibility index (Phi) is 4.54. The van der Waals surface area contributed by atoms with Gasteiger partial charge in [-0.3, -0.25) is 0 Å². The van der Waals surface area contributed by atoms with E-state index in [1.54, 1.807) is 0 Å². The summed E-state index contributed by atoms with van der Waals surface area (Å²) in [6.45, 7) is 16.4. The lowest BCUT2D eigenvalue weighted by atomic mass is 9.80. The maximum Gasteiger partial charge on any atom is 0.100 e. The van der Waals surface area contributed by atoms with Crippen molar-refractivity contribution in [2.75, 3.05) is 0 Å². The second-order valence-corrected chi connectivity index (χ2v) is 6.72. The van der Waals surface area contributed by atoms with Crippen molar-refractivity contribution in [2.45, 2.75) is 55.4 Å². The molecule has 2 aromatic rings. The van der Waals surface area contributed by atoms with Crippen LogP contribution in [-0.2, 0) is 0 Å². The van der Waals surface area contributed by atoms with Crippen molar-refractivity contribution in [2.24, 2.45) is 0 Å². The summed E-state index contributed by atoms with van der Waals surface area (Å²) < 4.78 is 0. The molecule has 0 aliphatic carbocycles. The van der Waals surface area contributed by atoms with E-state index in [-0.39, 0.29) is 0 Å². The van der Waals surface area contributed by atoms with E-state index in [0.717, 1.165) is 55.6 Å². The van der Waals surface area contributed by atoms with Gasteiger partial charge in [-0.25, -0.2) is 0 Å². The number of hydrogen-bond donors (Lipinski definition) is 0. The zero-order valence-corrected chi connectivity index (χ0v) is 15.9. The molecule has 0 fully saturated rings. The molecule has 0 unspecified atom stereocenters. The lowest BCUT2D eigenvalue weighted by molar-refractivity contribution is 1.17. The van der Waals surface area contributed by atoms with Crippen LogP contribution in [0.4, 0.5) is 0 Å². The molecule has 0 aliphatic heterocycles. The molecule has 0 spiro atoms. The number of rotatable bonds is 1. The molecule has 0 aromatic heterocycles. The first-order chi connectivity index (χ1) is 11.2. The van der Waals surface area contributed by atoms with Gasteiger partial charge in [-0.15, -0.1) is 0 Å². The Hall–Kier alpha value is -2.58. The van der Waals surface area contributed by atoms with Crippen LogP contribution in [0.5, 0.6) is 0 Å². The highest BCUT2D eigenvalue weighted by atomic mass is 14.3. The summed E-state index contributed by atoms with van der Waals surface area (Å²) in [5.41, 5.74) is 12.5. The maximum atomic E-state index is 9.82. The third-order valence-electron chi connectivity index (χ3n) is 5.79. The minimum Gasteiger partial charge on any atom is -0.192 e. The standard InChI is InChI=1S/C22H24N2/c1-11-12(2)16(6)22(20(10-24)13(11)3)21-17(7)14(4)19(9-23)15(5)18(21)8/h1-8H3. The van der Waals surface area contributed by atoms with Crippen molar-refractivity contribution in [1.82, 2.24) is 0 Å². The second-order valence-electron chi connectivity index (χ2n) is 6.72. The highest BCUT2D eigenvalue weighted by Gasteiger charge is 2.22. The highest BCUT2D eigenvalue weighted by Crippen LogP contribution is 2.40. The van der Waals surface area contributed by atoms with Gasteiger partial charge < -0.3 is 0 Å². The quantitative estimate of drug-likeness (QED) is 0.691. The summed E-state index contributed by atoms with van der Waals surface area (Å²) in [5, 5.41) is 19.3. The molecule has 0 atom stereocenters. The molecular formula is C22H24N2. The lowest BCUT2D eigenvalue weighted by Gasteiger charge is -2.23. The van der Waals surface area contributed by atoms with Crippen molar-refractivity contribution in [3.63, 3.8) is 0 Å². The molecule has 2 heteroatoms. The molecule has 122 valence electrons. The topological polar surface area (TPSA) is 47.6 Å². The van der Waals surface area contributed by atoms with Gasteiger partial charge in [-0.2, -0.15) is 10.5 Å². The van der Waals surface area contributed by atoms with Crippen LogP contribution >= 0.6 is 0 Å². The van der Waals surface area contributed by atoms with E-state index in [1.165, 1.54) is 11.1 Å². The maximum absolute atomic E-state index is 9.82. The van der Waals surface area contributed by atoms with Crippen LogP contribution in [-0.4, -0.2) is 0 Å². The number of nitriles is 2. The number of nitrogens with zero attached hydrogens (tertiary/aromatic N) is 2. The Labute approximate surface area is 145 Å². The normalized spacial score (nSPS) is 10.4. The van der Waals surface area contributed by atoms with Crippen LogP contribution in [0.1, 0.15) is 55.6 Å². The highest BCUT2D eigenvalue weighted by molar-refractivity contribution is 5.84. The van der Waals surface area contributed by atoms with Gasteiger partial charge in [0.05, 0.1) is 17.2 Å². The fourth-order valence-corrected chi connectivity index (χ4v) is 3.62. The van der Waals surface area contributed by atoms with Crippen molar-refractivity contribution in [1.29, 1.82) is 10.5 Å². The Bertz CT molecular complexity index is 919. The number of benzene rings is 2. The lowest BCUT2D eigenvalue weighted by Crippen LogP contribution is -2.06. The van der Waals surface area contributed by atoms with Gasteiger partial charge in [0.2, 0.25) is 0 Å². The van der Waals surface area contributed by atoms with E-state index in [1.807, 2.05) is 20.8 Å². The molecule has 2 nitrogen and oxygen atoms in total. The average molecular weight is 316 g/mol. The van der Waals surface area contributed by atoms with Gasteiger partial charge >= 0.3 is 0 Å². The third kappa shape index (κ3) is 2.31. The van der Waals surface area contributed by atoms with E-state index in [4.69, 9.17) is 0 Å².